The molecule has 1 aliphatic rings. The van der Waals surface area contributed by atoms with Gasteiger partial charge in [-0.3, -0.25) is 0 Å². The summed E-state index contributed by atoms with van der Waals surface area (Å²) in [6, 6.07) is 0. The highest BCUT2D eigenvalue weighted by molar-refractivity contribution is 5.19. The molecular weight excluding hydrogens is 112 g/mol. The predicted molar refractivity (Wildman–Crippen MR) is 38.2 cm³/mol. The summed E-state index contributed by atoms with van der Waals surface area (Å²) in [5.74, 6) is 0.395. The van der Waals surface area contributed by atoms with E-state index < -0.39 is 0 Å². The molecule has 9 heavy (non-hydrogen) atoms. The normalized spacial score (nSPS) is 23.6. The Morgan fingerprint density at radius 3 is 2.56 bits per heavy atom. The number of rotatable bonds is 0. The maximum atomic E-state index is 9.02. The van der Waals surface area contributed by atoms with Gasteiger partial charge in [0.05, 0.1) is 0 Å². The van der Waals surface area contributed by atoms with Crippen LogP contribution in [0.1, 0.15) is 20.3 Å². The highest BCUT2D eigenvalue weighted by Crippen LogP contribution is 2.27. The Balaban J connectivity index is 2.78. The van der Waals surface area contributed by atoms with Crippen LogP contribution in [0.3, 0.4) is 0 Å². The molecular formula is C8H12O. The molecule has 1 N–H and O–H groups in total. The molecule has 0 radical (unpaired) electrons. The van der Waals surface area contributed by atoms with Crippen LogP contribution in [-0.2, 0) is 0 Å². The number of hydrogen-bond acceptors (Lipinski definition) is 1. The largest absolute Gasteiger partial charge is 0.508 e. The van der Waals surface area contributed by atoms with Crippen LogP contribution in [0, 0.1) is 5.41 Å². The van der Waals surface area contributed by atoms with Gasteiger partial charge in [0.15, 0.2) is 0 Å². The molecule has 0 heterocycles. The average molecular weight is 124 g/mol. The molecule has 0 aliphatic heterocycles. The molecule has 0 saturated carbocycles. The van der Waals surface area contributed by atoms with Crippen LogP contribution in [0.4, 0.5) is 0 Å². The van der Waals surface area contributed by atoms with Crippen LogP contribution >= 0.6 is 0 Å². The Morgan fingerprint density at radius 1 is 1.56 bits per heavy atom. The third kappa shape index (κ3) is 1.60. The number of hydrogen-bond donors (Lipinski definition) is 1. The van der Waals surface area contributed by atoms with E-state index in [1.807, 2.05) is 12.2 Å². The zero-order valence-corrected chi connectivity index (χ0v) is 5.89. The second-order valence-corrected chi connectivity index (χ2v) is 3.16. The Labute approximate surface area is 55.7 Å². The third-order valence-electron chi connectivity index (χ3n) is 1.47. The van der Waals surface area contributed by atoms with Crippen molar-refractivity contribution in [3.63, 3.8) is 0 Å². The second-order valence-electron chi connectivity index (χ2n) is 3.16. The zero-order valence-electron chi connectivity index (χ0n) is 5.89. The van der Waals surface area contributed by atoms with E-state index in [9.17, 15) is 0 Å². The molecule has 50 valence electrons. The quantitative estimate of drug-likeness (QED) is 0.525. The highest BCUT2D eigenvalue weighted by atomic mass is 16.3. The molecule has 1 aliphatic carbocycles. The summed E-state index contributed by atoms with van der Waals surface area (Å²) in [7, 11) is 0. The maximum absolute atomic E-state index is 9.02. The first-order valence-electron chi connectivity index (χ1n) is 3.18. The van der Waals surface area contributed by atoms with Crippen molar-refractivity contribution < 1.29 is 5.11 Å². The molecule has 1 rings (SSSR count). The molecule has 0 amide bonds. The van der Waals surface area contributed by atoms with Gasteiger partial charge in [-0.05, 0) is 24.0 Å². The SMILES string of the molecule is CC1(C)C=C(O)C=CC1. The van der Waals surface area contributed by atoms with Crippen LogP contribution in [0.2, 0.25) is 0 Å². The van der Waals surface area contributed by atoms with E-state index in [-0.39, 0.29) is 5.41 Å². The lowest BCUT2D eigenvalue weighted by atomic mass is 9.86. The minimum atomic E-state index is 0.152. The molecule has 0 fully saturated rings. The van der Waals surface area contributed by atoms with E-state index >= 15 is 0 Å². The topological polar surface area (TPSA) is 20.2 Å². The summed E-state index contributed by atoms with van der Waals surface area (Å²) in [6.07, 6.45) is 6.64. The molecule has 0 atom stereocenters. The minimum Gasteiger partial charge on any atom is -0.508 e. The van der Waals surface area contributed by atoms with Gasteiger partial charge in [0.2, 0.25) is 0 Å². The lowest BCUT2D eigenvalue weighted by Gasteiger charge is -2.20. The first kappa shape index (κ1) is 6.40. The van der Waals surface area contributed by atoms with Gasteiger partial charge in [-0.25, -0.2) is 0 Å². The standard InChI is InChI=1S/C8H12O/c1-8(2)5-3-4-7(9)6-8/h3-4,6,9H,5H2,1-2H3. The molecule has 0 bridgehead atoms. The molecule has 1 heteroatoms. The Morgan fingerprint density at radius 2 is 2.22 bits per heavy atom. The van der Waals surface area contributed by atoms with Crippen molar-refractivity contribution >= 4 is 0 Å². The van der Waals surface area contributed by atoms with E-state index in [0.717, 1.165) is 6.42 Å². The van der Waals surface area contributed by atoms with Crippen molar-refractivity contribution in [1.82, 2.24) is 0 Å². The monoisotopic (exact) mass is 124 g/mol. The molecule has 0 aromatic carbocycles. The van der Waals surface area contributed by atoms with Gasteiger partial charge in [0, 0.05) is 0 Å². The van der Waals surface area contributed by atoms with Crippen molar-refractivity contribution in [2.75, 3.05) is 0 Å². The molecule has 0 aromatic rings. The van der Waals surface area contributed by atoms with Crippen LogP contribution in [0.25, 0.3) is 0 Å². The Hall–Kier alpha value is -0.720. The Kier molecular flexibility index (Phi) is 1.35. The van der Waals surface area contributed by atoms with Crippen molar-refractivity contribution in [2.45, 2.75) is 20.3 Å². The average Bonchev–Trinajstić information content (AvgIpc) is 1.60. The van der Waals surface area contributed by atoms with E-state index in [2.05, 4.69) is 13.8 Å². The Bertz CT molecular complexity index is 163. The molecule has 0 aromatic heterocycles. The minimum absolute atomic E-state index is 0.152. The summed E-state index contributed by atoms with van der Waals surface area (Å²) in [5.41, 5.74) is 0.152. The van der Waals surface area contributed by atoms with Gasteiger partial charge in [0.25, 0.3) is 0 Å². The molecule has 0 unspecified atom stereocenters. The lowest BCUT2D eigenvalue weighted by Crippen LogP contribution is -2.09. The van der Waals surface area contributed by atoms with Crippen LogP contribution in [0.5, 0.6) is 0 Å². The van der Waals surface area contributed by atoms with Gasteiger partial charge in [-0.1, -0.05) is 19.9 Å². The number of aliphatic hydroxyl groups excluding tert-OH is 1. The van der Waals surface area contributed by atoms with Gasteiger partial charge in [0.1, 0.15) is 5.76 Å². The summed E-state index contributed by atoms with van der Waals surface area (Å²) in [4.78, 5) is 0. The van der Waals surface area contributed by atoms with Crippen molar-refractivity contribution in [3.8, 4) is 0 Å². The fourth-order valence-corrected chi connectivity index (χ4v) is 0.991. The van der Waals surface area contributed by atoms with Crippen LogP contribution < -0.4 is 0 Å². The van der Waals surface area contributed by atoms with Crippen molar-refractivity contribution in [2.24, 2.45) is 5.41 Å². The molecule has 1 nitrogen and oxygen atoms in total. The zero-order chi connectivity index (χ0) is 6.91. The van der Waals surface area contributed by atoms with E-state index in [1.165, 1.54) is 0 Å². The van der Waals surface area contributed by atoms with E-state index in [0.29, 0.717) is 5.76 Å². The maximum Gasteiger partial charge on any atom is 0.111 e. The first-order valence-corrected chi connectivity index (χ1v) is 3.18. The van der Waals surface area contributed by atoms with Gasteiger partial charge >= 0.3 is 0 Å². The van der Waals surface area contributed by atoms with Crippen molar-refractivity contribution in [1.29, 1.82) is 0 Å². The summed E-state index contributed by atoms with van der Waals surface area (Å²) in [6.45, 7) is 4.21. The summed E-state index contributed by atoms with van der Waals surface area (Å²) < 4.78 is 0. The molecule has 0 saturated heterocycles. The fraction of sp³-hybridized carbons (Fsp3) is 0.500. The van der Waals surface area contributed by atoms with Gasteiger partial charge in [-0.15, -0.1) is 0 Å². The lowest BCUT2D eigenvalue weighted by molar-refractivity contribution is 0.389. The number of allylic oxidation sites excluding steroid dienone is 3. The predicted octanol–water partition coefficient (Wildman–Crippen LogP) is 2.41. The highest BCUT2D eigenvalue weighted by Gasteiger charge is 2.15. The number of aliphatic hydroxyl groups is 1. The smallest absolute Gasteiger partial charge is 0.111 e. The van der Waals surface area contributed by atoms with Crippen LogP contribution in [-0.4, -0.2) is 5.11 Å². The van der Waals surface area contributed by atoms with Crippen molar-refractivity contribution in [3.05, 3.63) is 24.0 Å². The molecule has 0 spiro atoms. The van der Waals surface area contributed by atoms with Gasteiger partial charge < -0.3 is 5.11 Å². The summed E-state index contributed by atoms with van der Waals surface area (Å²) in [5, 5.41) is 9.02. The first-order chi connectivity index (χ1) is 4.10. The fourth-order valence-electron chi connectivity index (χ4n) is 0.991. The van der Waals surface area contributed by atoms with E-state index in [4.69, 9.17) is 5.11 Å². The second kappa shape index (κ2) is 1.90. The van der Waals surface area contributed by atoms with E-state index in [1.54, 1.807) is 6.08 Å². The van der Waals surface area contributed by atoms with Gasteiger partial charge in [-0.2, -0.15) is 0 Å². The van der Waals surface area contributed by atoms with Crippen LogP contribution in [0.15, 0.2) is 24.0 Å². The third-order valence-corrected chi connectivity index (χ3v) is 1.47. The summed E-state index contributed by atoms with van der Waals surface area (Å²) >= 11 is 0.